The number of aromatic nitrogens is 1. The van der Waals surface area contributed by atoms with Gasteiger partial charge in [-0.2, -0.15) is 0 Å². The number of methoxy groups -OCH3 is 1. The van der Waals surface area contributed by atoms with Crippen molar-refractivity contribution < 1.29 is 19.0 Å². The van der Waals surface area contributed by atoms with Gasteiger partial charge in [0.2, 0.25) is 0 Å². The summed E-state index contributed by atoms with van der Waals surface area (Å²) in [4.78, 5) is 15.2. The smallest absolute Gasteiger partial charge is 0.188 e. The van der Waals surface area contributed by atoms with Gasteiger partial charge in [-0.25, -0.2) is 4.98 Å². The lowest BCUT2D eigenvalue weighted by molar-refractivity contribution is 0.0503. The molecule has 2 rings (SSSR count). The van der Waals surface area contributed by atoms with Crippen LogP contribution in [-0.4, -0.2) is 25.2 Å². The van der Waals surface area contributed by atoms with E-state index in [4.69, 9.17) is 25.8 Å². The highest BCUT2D eigenvalue weighted by molar-refractivity contribution is 6.30. The molecule has 5 nitrogen and oxygen atoms in total. The van der Waals surface area contributed by atoms with Crippen LogP contribution in [-0.2, 0) is 11.3 Å². The summed E-state index contributed by atoms with van der Waals surface area (Å²) in [5, 5.41) is 0.372. The first kappa shape index (κ1) is 18.9. The van der Waals surface area contributed by atoms with Crippen molar-refractivity contribution in [2.75, 3.05) is 13.9 Å². The maximum Gasteiger partial charge on any atom is 0.188 e. The number of aldehydes is 1. The van der Waals surface area contributed by atoms with Gasteiger partial charge < -0.3 is 14.2 Å². The van der Waals surface area contributed by atoms with E-state index in [1.807, 2.05) is 13.8 Å². The van der Waals surface area contributed by atoms with Crippen LogP contribution in [0.25, 0.3) is 0 Å². The molecule has 0 aliphatic carbocycles. The minimum atomic E-state index is 0.0543. The molecule has 1 aromatic heterocycles. The number of pyridine rings is 1. The van der Waals surface area contributed by atoms with Gasteiger partial charge in [-0.1, -0.05) is 37.6 Å². The number of rotatable bonds is 7. The van der Waals surface area contributed by atoms with E-state index >= 15 is 0 Å². The number of halogens is 1. The van der Waals surface area contributed by atoms with Crippen molar-refractivity contribution in [1.82, 2.24) is 4.98 Å². The fraction of sp³-hybridized carbons (Fsp3) is 0.294. The molecule has 124 valence electrons. The van der Waals surface area contributed by atoms with Crippen molar-refractivity contribution >= 4 is 17.9 Å². The zero-order chi connectivity index (χ0) is 17.1. The Morgan fingerprint density at radius 2 is 1.83 bits per heavy atom. The SMILES string of the molecule is CC.COCOc1cccc(OCc2cccnc2Cl)c1C=O. The summed E-state index contributed by atoms with van der Waals surface area (Å²) in [6.07, 6.45) is 2.28. The highest BCUT2D eigenvalue weighted by atomic mass is 35.5. The molecule has 0 unspecified atom stereocenters. The Balaban J connectivity index is 0.00000127. The molecule has 0 saturated carbocycles. The summed E-state index contributed by atoms with van der Waals surface area (Å²) in [5.74, 6) is 0.820. The summed E-state index contributed by atoms with van der Waals surface area (Å²) in [6, 6.07) is 8.67. The first-order valence-corrected chi connectivity index (χ1v) is 7.56. The summed E-state index contributed by atoms with van der Waals surface area (Å²) in [6.45, 7) is 4.26. The molecular weight excluding hydrogens is 318 g/mol. The maximum atomic E-state index is 11.3. The molecule has 2 aromatic rings. The minimum Gasteiger partial charge on any atom is -0.488 e. The Bertz CT molecular complexity index is 619. The van der Waals surface area contributed by atoms with Crippen LogP contribution in [0.15, 0.2) is 36.5 Å². The van der Waals surface area contributed by atoms with E-state index in [0.29, 0.717) is 28.5 Å². The number of nitrogens with zero attached hydrogens (tertiary/aromatic N) is 1. The number of benzene rings is 1. The summed E-state index contributed by atoms with van der Waals surface area (Å²) >= 11 is 5.96. The maximum absolute atomic E-state index is 11.3. The molecule has 0 radical (unpaired) electrons. The normalized spacial score (nSPS) is 9.57. The Morgan fingerprint density at radius 1 is 1.13 bits per heavy atom. The molecule has 0 atom stereocenters. The minimum absolute atomic E-state index is 0.0543. The van der Waals surface area contributed by atoms with Crippen molar-refractivity contribution in [2.45, 2.75) is 20.5 Å². The van der Waals surface area contributed by atoms with E-state index in [0.717, 1.165) is 5.56 Å². The van der Waals surface area contributed by atoms with E-state index < -0.39 is 0 Å². The molecule has 0 aliphatic heterocycles. The highest BCUT2D eigenvalue weighted by Crippen LogP contribution is 2.28. The molecule has 1 heterocycles. The first-order valence-electron chi connectivity index (χ1n) is 7.18. The molecule has 0 spiro atoms. The standard InChI is InChI=1S/C15H14ClNO4.C2H6/c1-19-10-21-14-6-2-5-13(12(14)8-18)20-9-11-4-3-7-17-15(11)16;1-2/h2-8H,9-10H2,1H3;1-2H3. The predicted molar refractivity (Wildman–Crippen MR) is 89.3 cm³/mol. The average Bonchev–Trinajstić information content (AvgIpc) is 2.61. The number of ether oxygens (including phenoxy) is 3. The van der Waals surface area contributed by atoms with Gasteiger partial charge in [-0.3, -0.25) is 4.79 Å². The van der Waals surface area contributed by atoms with Gasteiger partial charge in [0.25, 0.3) is 0 Å². The van der Waals surface area contributed by atoms with Gasteiger partial charge in [0.05, 0.1) is 5.56 Å². The second-order valence-corrected chi connectivity index (χ2v) is 4.44. The number of carbonyl (C=O) groups is 1. The van der Waals surface area contributed by atoms with E-state index in [1.165, 1.54) is 7.11 Å². The Morgan fingerprint density at radius 3 is 2.43 bits per heavy atom. The van der Waals surface area contributed by atoms with Gasteiger partial charge in [0.15, 0.2) is 13.1 Å². The zero-order valence-corrected chi connectivity index (χ0v) is 14.2. The van der Waals surface area contributed by atoms with Crippen molar-refractivity contribution in [2.24, 2.45) is 0 Å². The second-order valence-electron chi connectivity index (χ2n) is 4.08. The zero-order valence-electron chi connectivity index (χ0n) is 13.4. The van der Waals surface area contributed by atoms with Gasteiger partial charge in [0, 0.05) is 18.9 Å². The van der Waals surface area contributed by atoms with E-state index in [-0.39, 0.29) is 13.4 Å². The molecular formula is C17H20ClNO4. The Hall–Kier alpha value is -2.11. The molecule has 0 aliphatic rings. The first-order chi connectivity index (χ1) is 11.3. The molecule has 0 bridgehead atoms. The van der Waals surface area contributed by atoms with E-state index in [2.05, 4.69) is 4.98 Å². The highest BCUT2D eigenvalue weighted by Gasteiger charge is 2.11. The van der Waals surface area contributed by atoms with Gasteiger partial charge in [-0.05, 0) is 18.2 Å². The topological polar surface area (TPSA) is 57.6 Å². The van der Waals surface area contributed by atoms with Crippen molar-refractivity contribution in [3.63, 3.8) is 0 Å². The van der Waals surface area contributed by atoms with Gasteiger partial charge in [0.1, 0.15) is 23.3 Å². The van der Waals surface area contributed by atoms with Crippen LogP contribution in [0.2, 0.25) is 5.15 Å². The van der Waals surface area contributed by atoms with Crippen molar-refractivity contribution in [1.29, 1.82) is 0 Å². The van der Waals surface area contributed by atoms with E-state index in [1.54, 1.807) is 36.5 Å². The second kappa shape index (κ2) is 10.6. The third-order valence-corrected chi connectivity index (χ3v) is 3.04. The summed E-state index contributed by atoms with van der Waals surface area (Å²) in [7, 11) is 1.51. The van der Waals surface area contributed by atoms with Crippen LogP contribution in [0.1, 0.15) is 29.8 Å². The quantitative estimate of drug-likeness (QED) is 0.432. The van der Waals surface area contributed by atoms with Crippen LogP contribution in [0.3, 0.4) is 0 Å². The van der Waals surface area contributed by atoms with Crippen LogP contribution >= 0.6 is 11.6 Å². The molecule has 0 fully saturated rings. The fourth-order valence-electron chi connectivity index (χ4n) is 1.70. The van der Waals surface area contributed by atoms with Crippen LogP contribution < -0.4 is 9.47 Å². The molecule has 0 N–H and O–H groups in total. The number of hydrogen-bond donors (Lipinski definition) is 0. The van der Waals surface area contributed by atoms with Gasteiger partial charge >= 0.3 is 0 Å². The Labute approximate surface area is 141 Å². The van der Waals surface area contributed by atoms with Crippen LogP contribution in [0, 0.1) is 0 Å². The lowest BCUT2D eigenvalue weighted by Gasteiger charge is -2.12. The number of hydrogen-bond acceptors (Lipinski definition) is 5. The molecule has 23 heavy (non-hydrogen) atoms. The fourth-order valence-corrected chi connectivity index (χ4v) is 1.87. The van der Waals surface area contributed by atoms with Crippen molar-refractivity contribution in [3.8, 4) is 11.5 Å². The number of carbonyl (C=O) groups excluding carboxylic acids is 1. The predicted octanol–water partition coefficient (Wildman–Crippen LogP) is 4.14. The largest absolute Gasteiger partial charge is 0.488 e. The third-order valence-electron chi connectivity index (χ3n) is 2.70. The third kappa shape index (κ3) is 5.54. The molecule has 0 saturated heterocycles. The van der Waals surface area contributed by atoms with Crippen LogP contribution in [0.4, 0.5) is 0 Å². The summed E-state index contributed by atoms with van der Waals surface area (Å²) in [5.41, 5.74) is 1.06. The Kier molecular flexibility index (Phi) is 8.72. The average molecular weight is 338 g/mol. The van der Waals surface area contributed by atoms with Crippen molar-refractivity contribution in [3.05, 3.63) is 52.8 Å². The monoisotopic (exact) mass is 337 g/mol. The lowest BCUT2D eigenvalue weighted by atomic mass is 10.2. The van der Waals surface area contributed by atoms with E-state index in [9.17, 15) is 4.79 Å². The summed E-state index contributed by atoms with van der Waals surface area (Å²) < 4.78 is 15.8. The molecule has 0 amide bonds. The lowest BCUT2D eigenvalue weighted by Crippen LogP contribution is -2.04. The molecule has 1 aromatic carbocycles. The van der Waals surface area contributed by atoms with Crippen LogP contribution in [0.5, 0.6) is 11.5 Å². The molecule has 6 heteroatoms. The van der Waals surface area contributed by atoms with Gasteiger partial charge in [-0.15, -0.1) is 0 Å².